The van der Waals surface area contributed by atoms with Crippen molar-refractivity contribution in [2.75, 3.05) is 33.3 Å². The summed E-state index contributed by atoms with van der Waals surface area (Å²) in [5.41, 5.74) is 0.877. The Balaban J connectivity index is 1.38. The van der Waals surface area contributed by atoms with Gasteiger partial charge in [0, 0.05) is 20.1 Å². The Bertz CT molecular complexity index is 1100. The molecule has 1 atom stereocenters. The lowest BCUT2D eigenvalue weighted by Crippen LogP contribution is -2.47. The van der Waals surface area contributed by atoms with Gasteiger partial charge in [-0.05, 0) is 44.0 Å². The molecule has 32 heavy (non-hydrogen) atoms. The second kappa shape index (κ2) is 9.52. The number of carbonyl (C=O) groups is 3. The molecule has 2 aromatic heterocycles. The van der Waals surface area contributed by atoms with E-state index in [4.69, 9.17) is 9.15 Å². The summed E-state index contributed by atoms with van der Waals surface area (Å²) in [5, 5.41) is 0.697. The maximum absolute atomic E-state index is 12.8. The number of likely N-dealkylation sites (tertiary alicyclic amines) is 1. The number of likely N-dealkylation sites (N-methyl/N-ethyl adjacent to an activating group) is 1. The summed E-state index contributed by atoms with van der Waals surface area (Å²) in [6.07, 6.45) is 1.44. The lowest BCUT2D eigenvalue weighted by Gasteiger charge is -2.32. The summed E-state index contributed by atoms with van der Waals surface area (Å²) < 4.78 is 11.9. The first kappa shape index (κ1) is 22.0. The highest BCUT2D eigenvalue weighted by atomic mass is 32.1. The van der Waals surface area contributed by atoms with Crippen LogP contribution in [0.1, 0.15) is 30.3 Å². The lowest BCUT2D eigenvalue weighted by atomic mass is 9.98. The second-order valence-electron chi connectivity index (χ2n) is 7.74. The molecule has 4 rings (SSSR count). The highest BCUT2D eigenvalue weighted by Crippen LogP contribution is 2.31. The van der Waals surface area contributed by atoms with E-state index in [9.17, 15) is 14.4 Å². The minimum absolute atomic E-state index is 0.0917. The molecule has 0 aliphatic carbocycles. The minimum Gasteiger partial charge on any atom is -0.466 e. The molecule has 8 nitrogen and oxygen atoms in total. The van der Waals surface area contributed by atoms with E-state index in [0.717, 1.165) is 16.6 Å². The highest BCUT2D eigenvalue weighted by Gasteiger charge is 2.30. The fourth-order valence-electron chi connectivity index (χ4n) is 3.76. The largest absolute Gasteiger partial charge is 0.466 e. The Kier molecular flexibility index (Phi) is 6.55. The van der Waals surface area contributed by atoms with Crippen LogP contribution in [-0.2, 0) is 14.3 Å². The number of thiazole rings is 1. The zero-order chi connectivity index (χ0) is 22.7. The van der Waals surface area contributed by atoms with Gasteiger partial charge in [-0.15, -0.1) is 11.3 Å². The summed E-state index contributed by atoms with van der Waals surface area (Å²) in [6, 6.07) is 11.1. The second-order valence-corrected chi connectivity index (χ2v) is 8.77. The Hall–Kier alpha value is -3.20. The SMILES string of the molecule is CCOC(=O)C1CCCN(C(=O)CN(C)C(=O)c2ccc(-c3nc4ccccc4s3)o2)C1. The Labute approximate surface area is 189 Å². The zero-order valence-corrected chi connectivity index (χ0v) is 18.9. The van der Waals surface area contributed by atoms with Crippen LogP contribution >= 0.6 is 11.3 Å². The maximum Gasteiger partial charge on any atom is 0.310 e. The van der Waals surface area contributed by atoms with Crippen molar-refractivity contribution in [3.63, 3.8) is 0 Å². The molecule has 1 aromatic carbocycles. The molecule has 0 bridgehead atoms. The molecule has 3 heterocycles. The number of benzene rings is 1. The predicted molar refractivity (Wildman–Crippen MR) is 120 cm³/mol. The van der Waals surface area contributed by atoms with Gasteiger partial charge in [-0.25, -0.2) is 4.98 Å². The Morgan fingerprint density at radius 2 is 2.06 bits per heavy atom. The fraction of sp³-hybridized carbons (Fsp3) is 0.391. The van der Waals surface area contributed by atoms with Crippen LogP contribution in [-0.4, -0.2) is 65.9 Å². The van der Waals surface area contributed by atoms with Crippen molar-refractivity contribution in [1.82, 2.24) is 14.8 Å². The molecule has 0 radical (unpaired) electrons. The number of furan rings is 1. The summed E-state index contributed by atoms with van der Waals surface area (Å²) in [7, 11) is 1.56. The lowest BCUT2D eigenvalue weighted by molar-refractivity contribution is -0.151. The fourth-order valence-corrected chi connectivity index (χ4v) is 4.69. The molecule has 1 saturated heterocycles. The van der Waals surface area contributed by atoms with Crippen molar-refractivity contribution in [3.8, 4) is 10.8 Å². The van der Waals surface area contributed by atoms with Gasteiger partial charge in [0.15, 0.2) is 16.5 Å². The van der Waals surface area contributed by atoms with E-state index in [1.54, 1.807) is 31.0 Å². The number of hydrogen-bond acceptors (Lipinski definition) is 7. The molecule has 0 N–H and O–H groups in total. The molecule has 1 unspecified atom stereocenters. The molecule has 2 amide bonds. The van der Waals surface area contributed by atoms with E-state index in [1.165, 1.54) is 16.2 Å². The number of hydrogen-bond donors (Lipinski definition) is 0. The third-order valence-corrected chi connectivity index (χ3v) is 6.49. The van der Waals surface area contributed by atoms with E-state index in [0.29, 0.717) is 36.9 Å². The van der Waals surface area contributed by atoms with Gasteiger partial charge in [0.25, 0.3) is 5.91 Å². The average molecular weight is 456 g/mol. The topological polar surface area (TPSA) is 93.0 Å². The number of para-hydroxylation sites is 1. The molecule has 1 fully saturated rings. The van der Waals surface area contributed by atoms with Gasteiger partial charge < -0.3 is 19.0 Å². The quantitative estimate of drug-likeness (QED) is 0.529. The summed E-state index contributed by atoms with van der Waals surface area (Å²) >= 11 is 1.49. The van der Waals surface area contributed by atoms with Crippen LogP contribution in [0.15, 0.2) is 40.8 Å². The van der Waals surface area contributed by atoms with Gasteiger partial charge in [0.1, 0.15) is 0 Å². The molecular weight excluding hydrogens is 430 g/mol. The van der Waals surface area contributed by atoms with Crippen molar-refractivity contribution < 1.29 is 23.5 Å². The van der Waals surface area contributed by atoms with Crippen molar-refractivity contribution in [1.29, 1.82) is 0 Å². The number of nitrogens with zero attached hydrogens (tertiary/aromatic N) is 3. The minimum atomic E-state index is -0.385. The molecule has 1 aliphatic heterocycles. The predicted octanol–water partition coefficient (Wildman–Crippen LogP) is 3.43. The Morgan fingerprint density at radius 1 is 1.25 bits per heavy atom. The van der Waals surface area contributed by atoms with Gasteiger partial charge in [-0.3, -0.25) is 14.4 Å². The van der Waals surface area contributed by atoms with Crippen LogP contribution in [0.4, 0.5) is 0 Å². The van der Waals surface area contributed by atoms with Crippen LogP contribution in [0, 0.1) is 5.92 Å². The maximum atomic E-state index is 12.8. The molecular formula is C23H25N3O5S. The summed E-state index contributed by atoms with van der Waals surface area (Å²) in [4.78, 5) is 45.1. The number of aromatic nitrogens is 1. The molecule has 0 saturated carbocycles. The van der Waals surface area contributed by atoms with Gasteiger partial charge >= 0.3 is 5.97 Å². The molecule has 0 spiro atoms. The van der Waals surface area contributed by atoms with Crippen molar-refractivity contribution in [2.24, 2.45) is 5.92 Å². The number of fused-ring (bicyclic) bond motifs is 1. The summed E-state index contributed by atoms with van der Waals surface area (Å²) in [6.45, 7) is 2.89. The third kappa shape index (κ3) is 4.67. The number of esters is 1. The third-order valence-electron chi connectivity index (χ3n) is 5.43. The van der Waals surface area contributed by atoms with Crippen molar-refractivity contribution in [2.45, 2.75) is 19.8 Å². The van der Waals surface area contributed by atoms with Crippen molar-refractivity contribution in [3.05, 3.63) is 42.2 Å². The van der Waals surface area contributed by atoms with Gasteiger partial charge in [0.2, 0.25) is 5.91 Å². The van der Waals surface area contributed by atoms with E-state index < -0.39 is 0 Å². The van der Waals surface area contributed by atoms with Crippen LogP contribution in [0.2, 0.25) is 0 Å². The molecule has 9 heteroatoms. The molecule has 1 aliphatic rings. The van der Waals surface area contributed by atoms with Crippen LogP contribution in [0.3, 0.4) is 0 Å². The van der Waals surface area contributed by atoms with Crippen LogP contribution < -0.4 is 0 Å². The smallest absolute Gasteiger partial charge is 0.310 e. The monoisotopic (exact) mass is 455 g/mol. The highest BCUT2D eigenvalue weighted by molar-refractivity contribution is 7.21. The van der Waals surface area contributed by atoms with Crippen molar-refractivity contribution >= 4 is 39.3 Å². The van der Waals surface area contributed by atoms with E-state index in [-0.39, 0.29) is 36.0 Å². The zero-order valence-electron chi connectivity index (χ0n) is 18.1. The van der Waals surface area contributed by atoms with Gasteiger partial charge in [-0.1, -0.05) is 12.1 Å². The number of amides is 2. The number of carbonyl (C=O) groups excluding carboxylic acids is 3. The van der Waals surface area contributed by atoms with Gasteiger partial charge in [-0.2, -0.15) is 0 Å². The number of rotatable bonds is 6. The van der Waals surface area contributed by atoms with E-state index in [1.807, 2.05) is 24.3 Å². The average Bonchev–Trinajstić information content (AvgIpc) is 3.46. The van der Waals surface area contributed by atoms with E-state index >= 15 is 0 Å². The van der Waals surface area contributed by atoms with Crippen LogP contribution in [0.5, 0.6) is 0 Å². The summed E-state index contributed by atoms with van der Waals surface area (Å²) in [5.74, 6) is -0.500. The number of ether oxygens (including phenoxy) is 1. The first-order valence-electron chi connectivity index (χ1n) is 10.6. The van der Waals surface area contributed by atoms with Gasteiger partial charge in [0.05, 0.1) is 29.3 Å². The standard InChI is InChI=1S/C23H25N3O5S/c1-3-30-23(29)15-7-6-12-26(13-15)20(27)14-25(2)22(28)18-11-10-17(31-18)21-24-16-8-4-5-9-19(16)32-21/h4-5,8-11,15H,3,6-7,12-14H2,1-2H3. The first-order chi connectivity index (χ1) is 15.5. The Morgan fingerprint density at radius 3 is 2.84 bits per heavy atom. The molecule has 168 valence electrons. The normalized spacial score (nSPS) is 16.2. The van der Waals surface area contributed by atoms with Crippen LogP contribution in [0.25, 0.3) is 21.0 Å². The first-order valence-corrected chi connectivity index (χ1v) is 11.4. The number of piperidine rings is 1. The van der Waals surface area contributed by atoms with E-state index in [2.05, 4.69) is 4.98 Å². The molecule has 3 aromatic rings.